The highest BCUT2D eigenvalue weighted by Gasteiger charge is 2.43. The molecule has 0 saturated heterocycles. The molecule has 5 nitrogen and oxygen atoms in total. The number of nitrogens with zero attached hydrogens (tertiary/aromatic N) is 2. The normalized spacial score (nSPS) is 15.2. The van der Waals surface area contributed by atoms with Crippen molar-refractivity contribution in [3.8, 4) is 11.3 Å². The molecule has 0 unspecified atom stereocenters. The summed E-state index contributed by atoms with van der Waals surface area (Å²) in [6, 6.07) is 32.7. The zero-order chi connectivity index (χ0) is 29.2. The van der Waals surface area contributed by atoms with Gasteiger partial charge in [-0.05, 0) is 48.3 Å². The van der Waals surface area contributed by atoms with Crippen LogP contribution >= 0.6 is 11.8 Å². The Morgan fingerprint density at radius 3 is 2.47 bits per heavy atom. The van der Waals surface area contributed by atoms with Crippen molar-refractivity contribution in [3.63, 3.8) is 0 Å². The summed E-state index contributed by atoms with van der Waals surface area (Å²) in [6.07, 6.45) is 7.14. The number of fused-ring (bicyclic) bond motifs is 5. The Morgan fingerprint density at radius 2 is 1.60 bits per heavy atom. The van der Waals surface area contributed by atoms with Crippen molar-refractivity contribution in [1.82, 2.24) is 9.55 Å². The molecule has 6 heteroatoms. The summed E-state index contributed by atoms with van der Waals surface area (Å²) in [5, 5.41) is 5.79. The molecule has 0 atom stereocenters. The van der Waals surface area contributed by atoms with Gasteiger partial charge in [-0.3, -0.25) is 14.2 Å². The number of thioether (sulfide) groups is 1. The van der Waals surface area contributed by atoms with E-state index in [1.54, 1.807) is 0 Å². The number of hydrogen-bond acceptors (Lipinski definition) is 4. The van der Waals surface area contributed by atoms with Crippen LogP contribution in [0.15, 0.2) is 107 Å². The fraction of sp³-hybridized carbons (Fsp3) is 0.270. The van der Waals surface area contributed by atoms with E-state index in [0.29, 0.717) is 11.7 Å². The van der Waals surface area contributed by atoms with E-state index in [1.165, 1.54) is 29.3 Å². The number of amides is 1. The number of benzene rings is 4. The lowest BCUT2D eigenvalue weighted by atomic mass is 9.62. The van der Waals surface area contributed by atoms with E-state index in [1.807, 2.05) is 71.3 Å². The molecule has 1 fully saturated rings. The maximum atomic E-state index is 14.6. The first kappa shape index (κ1) is 27.7. The van der Waals surface area contributed by atoms with Gasteiger partial charge in [0.15, 0.2) is 5.16 Å². The number of anilines is 1. The second-order valence-corrected chi connectivity index (χ2v) is 12.8. The molecule has 1 aromatic heterocycles. The standard InChI is InChI=1S/C37H35N3O2S/c41-32(38-31-19-11-16-27-14-5-7-17-29(27)31)25-43-36-39-34-30-18-8-6-15-28(30)24-37(21-9-2-10-22-37)33(34)35(42)40(36)23-20-26-12-3-1-4-13-26/h1,3-8,11-19H,2,9-10,20-25H2,(H,38,41). The van der Waals surface area contributed by atoms with Crippen molar-refractivity contribution in [1.29, 1.82) is 0 Å². The van der Waals surface area contributed by atoms with Crippen LogP contribution in [-0.4, -0.2) is 21.2 Å². The summed E-state index contributed by atoms with van der Waals surface area (Å²) < 4.78 is 1.85. The maximum Gasteiger partial charge on any atom is 0.258 e. The molecule has 1 N–H and O–H groups in total. The van der Waals surface area contributed by atoms with Gasteiger partial charge in [0.2, 0.25) is 5.91 Å². The predicted molar refractivity (Wildman–Crippen MR) is 176 cm³/mol. The number of aromatic nitrogens is 2. The van der Waals surface area contributed by atoms with Crippen molar-refractivity contribution >= 4 is 34.1 Å². The minimum atomic E-state index is -0.171. The van der Waals surface area contributed by atoms with Gasteiger partial charge in [-0.1, -0.05) is 122 Å². The van der Waals surface area contributed by atoms with Crippen LogP contribution in [0.25, 0.3) is 22.0 Å². The molecular formula is C37H35N3O2S. The molecule has 0 bridgehead atoms. The van der Waals surface area contributed by atoms with Gasteiger partial charge < -0.3 is 5.32 Å². The summed E-state index contributed by atoms with van der Waals surface area (Å²) in [4.78, 5) is 33.2. The first-order valence-electron chi connectivity index (χ1n) is 15.3. The topological polar surface area (TPSA) is 64.0 Å². The number of carbonyl (C=O) groups excluding carboxylic acids is 1. The largest absolute Gasteiger partial charge is 0.325 e. The molecule has 1 saturated carbocycles. The fourth-order valence-corrected chi connectivity index (χ4v) is 7.88. The molecular weight excluding hydrogens is 550 g/mol. The van der Waals surface area contributed by atoms with Crippen LogP contribution in [0.4, 0.5) is 5.69 Å². The van der Waals surface area contributed by atoms with Gasteiger partial charge >= 0.3 is 0 Å². The molecule has 2 aliphatic rings. The minimum Gasteiger partial charge on any atom is -0.325 e. The first-order valence-corrected chi connectivity index (χ1v) is 16.3. The molecule has 1 spiro atoms. The smallest absolute Gasteiger partial charge is 0.258 e. The Kier molecular flexibility index (Phi) is 7.62. The van der Waals surface area contributed by atoms with E-state index in [2.05, 4.69) is 35.6 Å². The predicted octanol–water partition coefficient (Wildman–Crippen LogP) is 7.80. The zero-order valence-electron chi connectivity index (χ0n) is 24.2. The zero-order valence-corrected chi connectivity index (χ0v) is 25.0. The fourth-order valence-electron chi connectivity index (χ4n) is 7.07. The summed E-state index contributed by atoms with van der Waals surface area (Å²) in [7, 11) is 0. The summed E-state index contributed by atoms with van der Waals surface area (Å²) in [5.41, 5.74) is 5.90. The maximum absolute atomic E-state index is 14.6. The third-order valence-corrected chi connectivity index (χ3v) is 10.1. The average molecular weight is 586 g/mol. The van der Waals surface area contributed by atoms with Gasteiger partial charge in [-0.15, -0.1) is 0 Å². The number of nitrogens with one attached hydrogen (secondary N) is 1. The Morgan fingerprint density at radius 1 is 0.860 bits per heavy atom. The monoisotopic (exact) mass is 585 g/mol. The molecule has 1 amide bonds. The van der Waals surface area contributed by atoms with E-state index in [4.69, 9.17) is 4.98 Å². The Hall–Kier alpha value is -4.16. The second-order valence-electron chi connectivity index (χ2n) is 11.8. The lowest BCUT2D eigenvalue weighted by molar-refractivity contribution is -0.113. The van der Waals surface area contributed by atoms with Gasteiger partial charge in [0.25, 0.3) is 5.56 Å². The summed E-state index contributed by atoms with van der Waals surface area (Å²) in [6.45, 7) is 0.522. The molecule has 1 heterocycles. The highest BCUT2D eigenvalue weighted by atomic mass is 32.2. The van der Waals surface area contributed by atoms with Crippen LogP contribution in [0.3, 0.4) is 0 Å². The molecule has 7 rings (SSSR count). The lowest BCUT2D eigenvalue weighted by Crippen LogP contribution is -2.43. The third-order valence-electron chi connectivity index (χ3n) is 9.14. The van der Waals surface area contributed by atoms with Crippen LogP contribution in [0.2, 0.25) is 0 Å². The van der Waals surface area contributed by atoms with Crippen LogP contribution in [-0.2, 0) is 29.6 Å². The van der Waals surface area contributed by atoms with Crippen LogP contribution in [0.1, 0.15) is 48.8 Å². The van der Waals surface area contributed by atoms with Crippen molar-refractivity contribution in [2.75, 3.05) is 11.1 Å². The van der Waals surface area contributed by atoms with Gasteiger partial charge in [0, 0.05) is 28.6 Å². The van der Waals surface area contributed by atoms with E-state index >= 15 is 0 Å². The van der Waals surface area contributed by atoms with E-state index in [9.17, 15) is 9.59 Å². The number of rotatable bonds is 7. The molecule has 4 aromatic carbocycles. The van der Waals surface area contributed by atoms with Crippen molar-refractivity contribution in [2.45, 2.75) is 62.1 Å². The lowest BCUT2D eigenvalue weighted by Gasteiger charge is -2.42. The Bertz CT molecular complexity index is 1850. The highest BCUT2D eigenvalue weighted by molar-refractivity contribution is 7.99. The number of aryl methyl sites for hydroxylation is 1. The molecule has 0 aliphatic heterocycles. The quantitative estimate of drug-likeness (QED) is 0.156. The first-order chi connectivity index (χ1) is 21.1. The van der Waals surface area contributed by atoms with Crippen molar-refractivity contribution < 1.29 is 4.79 Å². The number of carbonyl (C=O) groups is 1. The number of hydrogen-bond donors (Lipinski definition) is 1. The second kappa shape index (κ2) is 11.8. The van der Waals surface area contributed by atoms with Crippen LogP contribution < -0.4 is 10.9 Å². The average Bonchev–Trinajstić information content (AvgIpc) is 3.04. The van der Waals surface area contributed by atoms with Crippen LogP contribution in [0.5, 0.6) is 0 Å². The van der Waals surface area contributed by atoms with E-state index in [0.717, 1.165) is 71.8 Å². The van der Waals surface area contributed by atoms with Gasteiger partial charge in [-0.2, -0.15) is 0 Å². The molecule has 5 aromatic rings. The van der Waals surface area contributed by atoms with Gasteiger partial charge in [0.1, 0.15) is 0 Å². The van der Waals surface area contributed by atoms with Gasteiger partial charge in [-0.25, -0.2) is 4.98 Å². The van der Waals surface area contributed by atoms with Crippen molar-refractivity contribution in [3.05, 3.63) is 124 Å². The molecule has 2 aliphatic carbocycles. The van der Waals surface area contributed by atoms with Gasteiger partial charge in [0.05, 0.1) is 17.0 Å². The summed E-state index contributed by atoms with van der Waals surface area (Å²) in [5.74, 6) is 0.0409. The Balaban J connectivity index is 1.26. The van der Waals surface area contributed by atoms with E-state index < -0.39 is 0 Å². The SMILES string of the molecule is O=C(CSc1nc2c(c(=O)n1CCc1ccccc1)C1(CCCCC1)Cc1ccccc1-2)Nc1cccc2ccccc12. The summed E-state index contributed by atoms with van der Waals surface area (Å²) >= 11 is 1.35. The molecule has 216 valence electrons. The highest BCUT2D eigenvalue weighted by Crippen LogP contribution is 2.48. The molecule has 0 radical (unpaired) electrons. The molecule has 43 heavy (non-hydrogen) atoms. The Labute approximate surface area is 256 Å². The van der Waals surface area contributed by atoms with Crippen molar-refractivity contribution in [2.24, 2.45) is 0 Å². The minimum absolute atomic E-state index is 0.0642. The van der Waals surface area contributed by atoms with E-state index in [-0.39, 0.29) is 22.6 Å². The van der Waals surface area contributed by atoms with Crippen LogP contribution in [0, 0.1) is 0 Å². The third kappa shape index (κ3) is 5.40.